The summed E-state index contributed by atoms with van der Waals surface area (Å²) in [5.74, 6) is 1.91. The average Bonchev–Trinajstić information content (AvgIpc) is 3.76. The molecule has 0 aliphatic carbocycles. The lowest BCUT2D eigenvalue weighted by molar-refractivity contribution is 0.669. The van der Waals surface area contributed by atoms with Crippen molar-refractivity contribution in [3.63, 3.8) is 0 Å². The normalized spacial score (nSPS) is 12.2. The Morgan fingerprint density at radius 2 is 1.29 bits per heavy atom. The Kier molecular flexibility index (Phi) is 7.83. The van der Waals surface area contributed by atoms with E-state index < -0.39 is 0 Å². The lowest BCUT2D eigenvalue weighted by atomic mass is 9.97. The van der Waals surface area contributed by atoms with E-state index in [2.05, 4.69) is 97.9 Å². The van der Waals surface area contributed by atoms with Gasteiger partial charge in [-0.05, 0) is 78.1 Å². The molecule has 9 rings (SSSR count). The van der Waals surface area contributed by atoms with Crippen LogP contribution in [-0.4, -0.2) is 15.0 Å². The highest BCUT2D eigenvalue weighted by Crippen LogP contribution is 2.42. The van der Waals surface area contributed by atoms with E-state index in [1.54, 1.807) is 11.3 Å². The van der Waals surface area contributed by atoms with E-state index in [1.165, 1.54) is 37.0 Å². The van der Waals surface area contributed by atoms with Gasteiger partial charge in [-0.1, -0.05) is 116 Å². The van der Waals surface area contributed by atoms with E-state index in [4.69, 9.17) is 19.4 Å². The maximum absolute atomic E-state index is 6.13. The summed E-state index contributed by atoms with van der Waals surface area (Å²) in [7, 11) is 0. The molecule has 0 bridgehead atoms. The molecule has 244 valence electrons. The van der Waals surface area contributed by atoms with Crippen molar-refractivity contribution in [3.8, 4) is 45.3 Å². The number of thiophene rings is 1. The molecule has 9 aromatic rings. The van der Waals surface area contributed by atoms with Gasteiger partial charge in [0.2, 0.25) is 0 Å². The van der Waals surface area contributed by atoms with E-state index in [-0.39, 0.29) is 0 Å². The third-order valence-corrected chi connectivity index (χ3v) is 10.6. The van der Waals surface area contributed by atoms with Crippen LogP contribution in [0.2, 0.25) is 0 Å². The Morgan fingerprint density at radius 3 is 2.12 bits per heavy atom. The van der Waals surface area contributed by atoms with Crippen LogP contribution in [0.3, 0.4) is 0 Å². The molecular formula is C46H33N3OS. The second kappa shape index (κ2) is 12.9. The van der Waals surface area contributed by atoms with Crippen molar-refractivity contribution in [2.45, 2.75) is 20.3 Å². The van der Waals surface area contributed by atoms with E-state index in [0.29, 0.717) is 17.5 Å². The smallest absolute Gasteiger partial charge is 0.164 e. The maximum Gasteiger partial charge on any atom is 0.164 e. The summed E-state index contributed by atoms with van der Waals surface area (Å²) >= 11 is 1.80. The van der Waals surface area contributed by atoms with Crippen LogP contribution in [0.4, 0.5) is 0 Å². The topological polar surface area (TPSA) is 51.8 Å². The van der Waals surface area contributed by atoms with Crippen molar-refractivity contribution < 1.29 is 4.42 Å². The molecule has 0 saturated carbocycles. The molecule has 0 amide bonds. The van der Waals surface area contributed by atoms with Gasteiger partial charge in [-0.2, -0.15) is 0 Å². The number of hydrogen-bond acceptors (Lipinski definition) is 5. The number of hydrogen-bond donors (Lipinski definition) is 0. The minimum absolute atomic E-state index is 0.623. The zero-order valence-electron chi connectivity index (χ0n) is 28.3. The Bertz CT molecular complexity index is 2790. The first-order valence-electron chi connectivity index (χ1n) is 17.3. The van der Waals surface area contributed by atoms with Crippen molar-refractivity contribution >= 4 is 59.0 Å². The number of rotatable bonds is 7. The molecule has 0 atom stereocenters. The van der Waals surface area contributed by atoms with Crippen molar-refractivity contribution in [2.24, 2.45) is 0 Å². The summed E-state index contributed by atoms with van der Waals surface area (Å²) in [6.07, 6.45) is 7.37. The summed E-state index contributed by atoms with van der Waals surface area (Å²) in [6.45, 7) is 4.25. The van der Waals surface area contributed by atoms with Gasteiger partial charge < -0.3 is 4.42 Å². The highest BCUT2D eigenvalue weighted by atomic mass is 32.1. The van der Waals surface area contributed by atoms with Crippen LogP contribution in [0.15, 0.2) is 156 Å². The van der Waals surface area contributed by atoms with Gasteiger partial charge in [0.15, 0.2) is 17.5 Å². The van der Waals surface area contributed by atoms with Crippen LogP contribution in [0.1, 0.15) is 25.8 Å². The standard InChI is InChI=1S/C46H33N3OS/c1-3-5-12-29(4-2)30-19-21-31(22-20-30)33-24-26-41-38(27-33)43-36(16-11-18-42(43)51-41)46-48-44(32-13-7-6-8-14-32)47-45(49-46)34-23-25-40-37(28-34)35-15-9-10-17-39(35)50-40/h3,5-28H,4H2,1-2H3/b5-3-,29-12+. The van der Waals surface area contributed by atoms with Gasteiger partial charge >= 0.3 is 0 Å². The Labute approximate surface area is 300 Å². The first-order valence-corrected chi connectivity index (χ1v) is 18.1. The van der Waals surface area contributed by atoms with Crippen molar-refractivity contribution in [2.75, 3.05) is 0 Å². The SMILES string of the molecule is C/C=C\C=C(/CC)c1ccc(-c2ccc3sc4cccc(-c5nc(-c6ccccc6)nc(-c6ccc7oc8ccccc8c7c6)n5)c4c3c2)cc1. The van der Waals surface area contributed by atoms with Gasteiger partial charge in [-0.25, -0.2) is 15.0 Å². The van der Waals surface area contributed by atoms with Crippen LogP contribution in [0, 0.1) is 0 Å². The van der Waals surface area contributed by atoms with Crippen LogP contribution in [0.5, 0.6) is 0 Å². The third-order valence-electron chi connectivity index (χ3n) is 9.50. The third kappa shape index (κ3) is 5.62. The van der Waals surface area contributed by atoms with Crippen molar-refractivity contribution in [1.29, 1.82) is 0 Å². The fraction of sp³-hybridized carbons (Fsp3) is 0.0652. The maximum atomic E-state index is 6.13. The van der Waals surface area contributed by atoms with Gasteiger partial charge in [0.1, 0.15) is 11.2 Å². The summed E-state index contributed by atoms with van der Waals surface area (Å²) in [6, 6.07) is 46.6. The second-order valence-corrected chi connectivity index (χ2v) is 13.7. The molecular weight excluding hydrogens is 643 g/mol. The van der Waals surface area contributed by atoms with Gasteiger partial charge in [0.05, 0.1) is 0 Å². The minimum atomic E-state index is 0.623. The number of aromatic nitrogens is 3. The number of furan rings is 1. The minimum Gasteiger partial charge on any atom is -0.456 e. The van der Waals surface area contributed by atoms with E-state index in [1.807, 2.05) is 67.6 Å². The molecule has 3 heterocycles. The molecule has 4 nitrogen and oxygen atoms in total. The predicted octanol–water partition coefficient (Wildman–Crippen LogP) is 13.2. The average molecular weight is 676 g/mol. The largest absolute Gasteiger partial charge is 0.456 e. The van der Waals surface area contributed by atoms with Crippen molar-refractivity contribution in [1.82, 2.24) is 15.0 Å². The van der Waals surface area contributed by atoms with E-state index >= 15 is 0 Å². The zero-order chi connectivity index (χ0) is 34.3. The molecule has 0 N–H and O–H groups in total. The molecule has 0 aliphatic heterocycles. The lowest BCUT2D eigenvalue weighted by Crippen LogP contribution is -2.00. The number of nitrogens with zero attached hydrogens (tertiary/aromatic N) is 3. The monoisotopic (exact) mass is 675 g/mol. The number of para-hydroxylation sites is 1. The van der Waals surface area contributed by atoms with E-state index in [9.17, 15) is 0 Å². The summed E-state index contributed by atoms with van der Waals surface area (Å²) in [5.41, 5.74) is 9.50. The van der Waals surface area contributed by atoms with Gasteiger partial charge in [-0.15, -0.1) is 11.3 Å². The van der Waals surface area contributed by atoms with Gasteiger partial charge in [0.25, 0.3) is 0 Å². The van der Waals surface area contributed by atoms with Gasteiger partial charge in [0, 0.05) is 47.6 Å². The predicted molar refractivity (Wildman–Crippen MR) is 215 cm³/mol. The quantitative estimate of drug-likeness (QED) is 0.158. The highest BCUT2D eigenvalue weighted by molar-refractivity contribution is 7.26. The molecule has 0 saturated heterocycles. The molecule has 0 radical (unpaired) electrons. The summed E-state index contributed by atoms with van der Waals surface area (Å²) < 4.78 is 8.56. The fourth-order valence-corrected chi connectivity index (χ4v) is 8.02. The number of allylic oxidation sites excluding steroid dienone is 4. The molecule has 5 heteroatoms. The molecule has 6 aromatic carbocycles. The Hall–Kier alpha value is -6.17. The Balaban J connectivity index is 1.20. The molecule has 0 aliphatic rings. The molecule has 3 aromatic heterocycles. The lowest BCUT2D eigenvalue weighted by Gasteiger charge is -2.10. The van der Waals surface area contributed by atoms with Gasteiger partial charge in [-0.3, -0.25) is 0 Å². The molecule has 0 unspecified atom stereocenters. The first-order chi connectivity index (χ1) is 25.2. The number of fused-ring (bicyclic) bond motifs is 6. The van der Waals surface area contributed by atoms with Crippen LogP contribution in [-0.2, 0) is 0 Å². The highest BCUT2D eigenvalue weighted by Gasteiger charge is 2.18. The van der Waals surface area contributed by atoms with Crippen LogP contribution in [0.25, 0.3) is 93.0 Å². The molecule has 0 spiro atoms. The molecule has 0 fully saturated rings. The number of benzene rings is 6. The fourth-order valence-electron chi connectivity index (χ4n) is 6.91. The van der Waals surface area contributed by atoms with E-state index in [0.717, 1.165) is 50.4 Å². The van der Waals surface area contributed by atoms with Crippen LogP contribution < -0.4 is 0 Å². The zero-order valence-corrected chi connectivity index (χ0v) is 29.1. The summed E-state index contributed by atoms with van der Waals surface area (Å²) in [4.78, 5) is 15.4. The second-order valence-electron chi connectivity index (χ2n) is 12.6. The van der Waals surface area contributed by atoms with Crippen LogP contribution >= 0.6 is 11.3 Å². The summed E-state index contributed by atoms with van der Waals surface area (Å²) in [5, 5.41) is 4.47. The first kappa shape index (κ1) is 30.9. The molecule has 51 heavy (non-hydrogen) atoms. The Morgan fingerprint density at radius 1 is 0.588 bits per heavy atom. The van der Waals surface area contributed by atoms with Crippen molar-refractivity contribution in [3.05, 3.63) is 157 Å².